The van der Waals surface area contributed by atoms with Crippen LogP contribution in [0.5, 0.6) is 0 Å². The summed E-state index contributed by atoms with van der Waals surface area (Å²) in [4.78, 5) is 55.6. The van der Waals surface area contributed by atoms with Crippen LogP contribution in [0.3, 0.4) is 0 Å². The summed E-state index contributed by atoms with van der Waals surface area (Å²) >= 11 is 0. The molecule has 2 amide bonds. The van der Waals surface area contributed by atoms with Gasteiger partial charge in [0.1, 0.15) is 18.1 Å². The van der Waals surface area contributed by atoms with Crippen LogP contribution in [0.25, 0.3) is 0 Å². The van der Waals surface area contributed by atoms with Gasteiger partial charge in [-0.15, -0.1) is 0 Å². The number of nitrogens with zero attached hydrogens (tertiary/aromatic N) is 6. The van der Waals surface area contributed by atoms with Crippen LogP contribution < -0.4 is 20.0 Å². The normalized spacial score (nSPS) is 16.9. The van der Waals surface area contributed by atoms with E-state index in [-0.39, 0.29) is 30.0 Å². The minimum atomic E-state index is -0.573. The first kappa shape index (κ1) is 26.3. The average Bonchev–Trinajstić information content (AvgIpc) is 3.36. The number of hydrogen-bond acceptors (Lipinski definition) is 10. The second kappa shape index (κ2) is 11.2. The van der Waals surface area contributed by atoms with E-state index in [4.69, 9.17) is 4.74 Å². The number of nitrogens with one attached hydrogen (secondary N) is 1. The van der Waals surface area contributed by atoms with E-state index in [9.17, 15) is 29.8 Å². The van der Waals surface area contributed by atoms with Crippen molar-refractivity contribution in [1.82, 2.24) is 10.3 Å². The van der Waals surface area contributed by atoms with Crippen molar-refractivity contribution in [3.8, 4) is 0 Å². The van der Waals surface area contributed by atoms with Gasteiger partial charge in [0.05, 0.1) is 22.9 Å². The van der Waals surface area contributed by atoms with E-state index in [0.29, 0.717) is 24.6 Å². The second-order valence-corrected chi connectivity index (χ2v) is 9.26. The zero-order valence-corrected chi connectivity index (χ0v) is 21.2. The largest absolute Gasteiger partial charge is 0.442 e. The van der Waals surface area contributed by atoms with Gasteiger partial charge in [0, 0.05) is 61.3 Å². The van der Waals surface area contributed by atoms with Crippen molar-refractivity contribution >= 4 is 40.6 Å². The zero-order valence-electron chi connectivity index (χ0n) is 21.2. The van der Waals surface area contributed by atoms with E-state index in [2.05, 4.69) is 20.1 Å². The number of nitro groups is 2. The summed E-state index contributed by atoms with van der Waals surface area (Å²) < 4.78 is 5.40. The summed E-state index contributed by atoms with van der Waals surface area (Å²) in [7, 11) is 0. The van der Waals surface area contributed by atoms with Crippen LogP contribution in [-0.2, 0) is 4.74 Å². The molecule has 2 aromatic carbocycles. The van der Waals surface area contributed by atoms with Crippen LogP contribution >= 0.6 is 0 Å². The third-order valence-electron chi connectivity index (χ3n) is 6.76. The minimum absolute atomic E-state index is 0.0408. The molecule has 2 saturated heterocycles. The molecule has 2 aliphatic heterocycles. The lowest BCUT2D eigenvalue weighted by atomic mass is 10.2. The van der Waals surface area contributed by atoms with Crippen LogP contribution in [0.1, 0.15) is 10.4 Å². The Morgan fingerprint density at radius 1 is 0.925 bits per heavy atom. The predicted octanol–water partition coefficient (Wildman–Crippen LogP) is 2.98. The zero-order chi connectivity index (χ0) is 28.2. The van der Waals surface area contributed by atoms with Gasteiger partial charge in [0.2, 0.25) is 0 Å². The Labute approximate surface area is 228 Å². The summed E-state index contributed by atoms with van der Waals surface area (Å²) in [6.45, 7) is 3.18. The van der Waals surface area contributed by atoms with Gasteiger partial charge in [0.25, 0.3) is 17.3 Å². The molecule has 0 spiro atoms. The third-order valence-corrected chi connectivity index (χ3v) is 6.76. The maximum absolute atomic E-state index is 12.5. The number of nitro benzene ring substituents is 1. The van der Waals surface area contributed by atoms with Gasteiger partial charge in [-0.1, -0.05) is 6.07 Å². The minimum Gasteiger partial charge on any atom is -0.442 e. The van der Waals surface area contributed by atoms with Crippen LogP contribution in [0.15, 0.2) is 66.9 Å². The molecule has 0 aliphatic carbocycles. The summed E-state index contributed by atoms with van der Waals surface area (Å²) in [6, 6.07) is 16.0. The second-order valence-electron chi connectivity index (χ2n) is 9.26. The molecule has 0 unspecified atom stereocenters. The maximum Gasteiger partial charge on any atom is 0.414 e. The smallest absolute Gasteiger partial charge is 0.414 e. The molecule has 2 aliphatic rings. The molecule has 3 heterocycles. The number of cyclic esters (lactones) is 1. The molecule has 1 atom stereocenters. The van der Waals surface area contributed by atoms with Crippen molar-refractivity contribution in [3.05, 3.63) is 92.7 Å². The number of non-ortho nitro benzene ring substituents is 1. The van der Waals surface area contributed by atoms with Gasteiger partial charge < -0.3 is 19.9 Å². The number of rotatable bonds is 8. The summed E-state index contributed by atoms with van der Waals surface area (Å²) in [6.07, 6.45) is 0.169. The Balaban J connectivity index is 1.13. The molecule has 0 bridgehead atoms. The van der Waals surface area contributed by atoms with E-state index in [0.717, 1.165) is 18.8 Å². The van der Waals surface area contributed by atoms with Crippen LogP contribution in [0.2, 0.25) is 0 Å². The Bertz CT molecular complexity index is 1420. The van der Waals surface area contributed by atoms with Crippen molar-refractivity contribution in [2.24, 2.45) is 0 Å². The first-order chi connectivity index (χ1) is 19.3. The van der Waals surface area contributed by atoms with E-state index < -0.39 is 28.0 Å². The third kappa shape index (κ3) is 5.75. The van der Waals surface area contributed by atoms with Crippen LogP contribution in [-0.4, -0.2) is 72.2 Å². The summed E-state index contributed by atoms with van der Waals surface area (Å²) in [5, 5.41) is 24.4. The molecule has 206 valence electrons. The number of benzene rings is 2. The van der Waals surface area contributed by atoms with Gasteiger partial charge in [-0.3, -0.25) is 29.9 Å². The number of anilines is 3. The molecular formula is C26H25N7O7. The van der Waals surface area contributed by atoms with Crippen molar-refractivity contribution in [2.45, 2.75) is 6.10 Å². The lowest BCUT2D eigenvalue weighted by Crippen LogP contribution is -2.46. The Morgan fingerprint density at radius 2 is 1.60 bits per heavy atom. The highest BCUT2D eigenvalue weighted by molar-refractivity contribution is 5.95. The van der Waals surface area contributed by atoms with E-state index in [1.165, 1.54) is 41.4 Å². The quantitative estimate of drug-likeness (QED) is 0.327. The maximum atomic E-state index is 12.5. The van der Waals surface area contributed by atoms with Gasteiger partial charge in [-0.05, 0) is 36.4 Å². The number of carbonyl (C=O) groups is 2. The van der Waals surface area contributed by atoms with Crippen LogP contribution in [0.4, 0.5) is 33.4 Å². The monoisotopic (exact) mass is 547 g/mol. The predicted molar refractivity (Wildman–Crippen MR) is 145 cm³/mol. The first-order valence-electron chi connectivity index (χ1n) is 12.5. The molecular weight excluding hydrogens is 522 g/mol. The summed E-state index contributed by atoms with van der Waals surface area (Å²) in [5.41, 5.74) is 1.58. The first-order valence-corrected chi connectivity index (χ1v) is 12.5. The highest BCUT2D eigenvalue weighted by Crippen LogP contribution is 2.26. The Kier molecular flexibility index (Phi) is 7.39. The number of amides is 2. The fourth-order valence-electron chi connectivity index (χ4n) is 4.62. The van der Waals surface area contributed by atoms with E-state index >= 15 is 0 Å². The highest BCUT2D eigenvalue weighted by Gasteiger charge is 2.33. The lowest BCUT2D eigenvalue weighted by Gasteiger charge is -2.36. The van der Waals surface area contributed by atoms with Gasteiger partial charge >= 0.3 is 6.09 Å². The number of aromatic nitrogens is 1. The SMILES string of the molecule is O=C(NC[C@H]1CN(c2ccc(N3CCN(c4ccc([N+](=O)[O-])cn4)CC3)cc2)C(=O)O1)c1cccc([N+](=O)[O-])c1. The molecule has 1 aromatic heterocycles. The molecule has 2 fully saturated rings. The van der Waals surface area contributed by atoms with E-state index in [1.807, 2.05) is 24.3 Å². The number of pyridine rings is 1. The molecule has 14 heteroatoms. The molecule has 1 N–H and O–H groups in total. The van der Waals surface area contributed by atoms with E-state index in [1.54, 1.807) is 6.07 Å². The van der Waals surface area contributed by atoms with Crippen molar-refractivity contribution in [1.29, 1.82) is 0 Å². The van der Waals surface area contributed by atoms with Crippen LogP contribution in [0, 0.1) is 20.2 Å². The number of piperazine rings is 1. The Hall–Kier alpha value is -5.27. The molecule has 14 nitrogen and oxygen atoms in total. The standard InChI is InChI=1S/C26H25N7O7/c34-25(18-2-1-3-21(14-18)32(36)37)28-16-23-17-31(26(35)40-23)20-6-4-19(5-7-20)29-10-12-30(13-11-29)24-9-8-22(15-27-24)33(38)39/h1-9,14-15,23H,10-13,16-17H2,(H,28,34)/t23-/m0/s1. The number of hydrogen-bond donors (Lipinski definition) is 1. The average molecular weight is 548 g/mol. The molecule has 5 rings (SSSR count). The summed E-state index contributed by atoms with van der Waals surface area (Å²) in [5.74, 6) is 0.205. The van der Waals surface area contributed by atoms with Gasteiger partial charge in [0.15, 0.2) is 0 Å². The van der Waals surface area contributed by atoms with Gasteiger partial charge in [-0.25, -0.2) is 9.78 Å². The molecule has 40 heavy (non-hydrogen) atoms. The fourth-order valence-corrected chi connectivity index (χ4v) is 4.62. The van der Waals surface area contributed by atoms with Gasteiger partial charge in [-0.2, -0.15) is 0 Å². The highest BCUT2D eigenvalue weighted by atomic mass is 16.6. The van der Waals surface area contributed by atoms with Crippen molar-refractivity contribution in [2.75, 3.05) is 54.0 Å². The fraction of sp³-hybridized carbons (Fsp3) is 0.269. The topological polar surface area (TPSA) is 164 Å². The van der Waals surface area contributed by atoms with Crippen molar-refractivity contribution in [3.63, 3.8) is 0 Å². The number of ether oxygens (including phenoxy) is 1. The Morgan fingerprint density at radius 3 is 2.25 bits per heavy atom. The molecule has 0 radical (unpaired) electrons. The lowest BCUT2D eigenvalue weighted by molar-refractivity contribution is -0.385. The molecule has 3 aromatic rings. The molecule has 0 saturated carbocycles. The number of carbonyl (C=O) groups excluding carboxylic acids is 2. The van der Waals surface area contributed by atoms with Crippen molar-refractivity contribution < 1.29 is 24.2 Å².